The SMILES string of the molecule is Cc1cccc(OCc2c(C(=O)O)oc3ccccc23)c1. The van der Waals surface area contributed by atoms with Gasteiger partial charge in [-0.15, -0.1) is 0 Å². The molecular formula is C17H14O4. The Morgan fingerprint density at radius 2 is 2.00 bits per heavy atom. The van der Waals surface area contributed by atoms with Crippen LogP contribution >= 0.6 is 0 Å². The number of para-hydroxylation sites is 1. The van der Waals surface area contributed by atoms with E-state index in [4.69, 9.17) is 9.15 Å². The van der Waals surface area contributed by atoms with Crippen molar-refractivity contribution >= 4 is 16.9 Å². The largest absolute Gasteiger partial charge is 0.489 e. The van der Waals surface area contributed by atoms with Crippen LogP contribution in [-0.4, -0.2) is 11.1 Å². The minimum atomic E-state index is -1.09. The number of hydrogen-bond acceptors (Lipinski definition) is 3. The number of carboxylic acids is 1. The van der Waals surface area contributed by atoms with Gasteiger partial charge in [-0.3, -0.25) is 0 Å². The molecule has 1 N–H and O–H groups in total. The number of benzene rings is 2. The van der Waals surface area contributed by atoms with E-state index in [2.05, 4.69) is 0 Å². The predicted molar refractivity (Wildman–Crippen MR) is 78.7 cm³/mol. The molecule has 0 aliphatic carbocycles. The Morgan fingerprint density at radius 3 is 2.76 bits per heavy atom. The van der Waals surface area contributed by atoms with Gasteiger partial charge in [0, 0.05) is 5.39 Å². The van der Waals surface area contributed by atoms with Gasteiger partial charge in [0.05, 0.1) is 5.56 Å². The van der Waals surface area contributed by atoms with Crippen molar-refractivity contribution in [2.75, 3.05) is 0 Å². The highest BCUT2D eigenvalue weighted by Gasteiger charge is 2.20. The third-order valence-electron chi connectivity index (χ3n) is 3.27. The quantitative estimate of drug-likeness (QED) is 0.785. The van der Waals surface area contributed by atoms with Crippen LogP contribution in [0.15, 0.2) is 52.9 Å². The lowest BCUT2D eigenvalue weighted by molar-refractivity contribution is 0.0661. The topological polar surface area (TPSA) is 59.7 Å². The number of aryl methyl sites for hydroxylation is 1. The molecule has 0 aliphatic rings. The first-order valence-electron chi connectivity index (χ1n) is 6.58. The first-order chi connectivity index (χ1) is 10.1. The monoisotopic (exact) mass is 282 g/mol. The number of hydrogen-bond donors (Lipinski definition) is 1. The minimum Gasteiger partial charge on any atom is -0.489 e. The van der Waals surface area contributed by atoms with Crippen LogP contribution in [0.4, 0.5) is 0 Å². The number of fused-ring (bicyclic) bond motifs is 1. The molecule has 0 atom stereocenters. The van der Waals surface area contributed by atoms with E-state index in [0.29, 0.717) is 16.9 Å². The third kappa shape index (κ3) is 2.60. The molecule has 3 aromatic rings. The second kappa shape index (κ2) is 5.32. The summed E-state index contributed by atoms with van der Waals surface area (Å²) >= 11 is 0. The number of carbonyl (C=O) groups is 1. The van der Waals surface area contributed by atoms with Crippen molar-refractivity contribution in [1.29, 1.82) is 0 Å². The third-order valence-corrected chi connectivity index (χ3v) is 3.27. The predicted octanol–water partition coefficient (Wildman–Crippen LogP) is 4.02. The number of aromatic carboxylic acids is 1. The van der Waals surface area contributed by atoms with Crippen molar-refractivity contribution < 1.29 is 19.1 Å². The first-order valence-corrected chi connectivity index (χ1v) is 6.58. The Hall–Kier alpha value is -2.75. The highest BCUT2D eigenvalue weighted by molar-refractivity contribution is 5.95. The van der Waals surface area contributed by atoms with Crippen molar-refractivity contribution in [2.45, 2.75) is 13.5 Å². The maximum Gasteiger partial charge on any atom is 0.372 e. The molecule has 0 fully saturated rings. The Morgan fingerprint density at radius 1 is 1.19 bits per heavy atom. The summed E-state index contributed by atoms with van der Waals surface area (Å²) in [6.45, 7) is 2.13. The van der Waals surface area contributed by atoms with E-state index in [1.165, 1.54) is 0 Å². The Labute approximate surface area is 121 Å². The van der Waals surface area contributed by atoms with E-state index >= 15 is 0 Å². The number of ether oxygens (including phenoxy) is 1. The second-order valence-corrected chi connectivity index (χ2v) is 4.82. The summed E-state index contributed by atoms with van der Waals surface area (Å²) in [5.41, 5.74) is 2.19. The van der Waals surface area contributed by atoms with E-state index < -0.39 is 5.97 Å². The summed E-state index contributed by atoms with van der Waals surface area (Å²) in [5.74, 6) is -0.450. The van der Waals surface area contributed by atoms with E-state index in [1.54, 1.807) is 6.07 Å². The van der Waals surface area contributed by atoms with Gasteiger partial charge in [-0.05, 0) is 30.7 Å². The first kappa shape index (κ1) is 13.2. The summed E-state index contributed by atoms with van der Waals surface area (Å²) in [6.07, 6.45) is 0. The van der Waals surface area contributed by atoms with Crippen LogP contribution < -0.4 is 4.74 Å². The summed E-state index contributed by atoms with van der Waals surface area (Å²) < 4.78 is 11.1. The van der Waals surface area contributed by atoms with Gasteiger partial charge in [0.1, 0.15) is 17.9 Å². The average molecular weight is 282 g/mol. The highest BCUT2D eigenvalue weighted by Crippen LogP contribution is 2.27. The van der Waals surface area contributed by atoms with Gasteiger partial charge in [0.25, 0.3) is 0 Å². The summed E-state index contributed by atoms with van der Waals surface area (Å²) in [6, 6.07) is 14.9. The molecule has 2 aromatic carbocycles. The Bertz CT molecular complexity index is 801. The van der Waals surface area contributed by atoms with Gasteiger partial charge in [-0.25, -0.2) is 4.79 Å². The maximum atomic E-state index is 11.3. The Balaban J connectivity index is 1.95. The molecule has 0 radical (unpaired) electrons. The number of carboxylic acid groups (broad SMARTS) is 1. The Kier molecular flexibility index (Phi) is 3.36. The molecule has 1 heterocycles. The fraction of sp³-hybridized carbons (Fsp3) is 0.118. The van der Waals surface area contributed by atoms with Crippen LogP contribution in [0.3, 0.4) is 0 Å². The summed E-state index contributed by atoms with van der Waals surface area (Å²) in [4.78, 5) is 11.3. The molecular weight excluding hydrogens is 268 g/mol. The zero-order valence-corrected chi connectivity index (χ0v) is 11.5. The molecule has 106 valence electrons. The minimum absolute atomic E-state index is 0.0659. The van der Waals surface area contributed by atoms with Crippen molar-refractivity contribution in [2.24, 2.45) is 0 Å². The van der Waals surface area contributed by atoms with Gasteiger partial charge in [-0.1, -0.05) is 30.3 Å². The molecule has 4 heteroatoms. The van der Waals surface area contributed by atoms with Crippen LogP contribution in [0, 0.1) is 6.92 Å². The van der Waals surface area contributed by atoms with Crippen molar-refractivity contribution in [1.82, 2.24) is 0 Å². The van der Waals surface area contributed by atoms with Crippen LogP contribution in [0.2, 0.25) is 0 Å². The lowest BCUT2D eigenvalue weighted by atomic mass is 10.1. The van der Waals surface area contributed by atoms with Gasteiger partial charge in [0.15, 0.2) is 0 Å². The molecule has 0 saturated carbocycles. The highest BCUT2D eigenvalue weighted by atomic mass is 16.5. The van der Waals surface area contributed by atoms with E-state index in [-0.39, 0.29) is 12.4 Å². The molecule has 4 nitrogen and oxygen atoms in total. The van der Waals surface area contributed by atoms with Crippen LogP contribution in [-0.2, 0) is 6.61 Å². The smallest absolute Gasteiger partial charge is 0.372 e. The van der Waals surface area contributed by atoms with Gasteiger partial charge < -0.3 is 14.3 Å². The maximum absolute atomic E-state index is 11.3. The molecule has 0 aliphatic heterocycles. The molecule has 0 bridgehead atoms. The van der Waals surface area contributed by atoms with Crippen molar-refractivity contribution in [3.05, 3.63) is 65.4 Å². The van der Waals surface area contributed by atoms with Crippen molar-refractivity contribution in [3.8, 4) is 5.75 Å². The number of furan rings is 1. The van der Waals surface area contributed by atoms with Gasteiger partial charge >= 0.3 is 5.97 Å². The molecule has 3 rings (SSSR count). The lowest BCUT2D eigenvalue weighted by Gasteiger charge is -2.06. The fourth-order valence-electron chi connectivity index (χ4n) is 2.28. The molecule has 0 amide bonds. The van der Waals surface area contributed by atoms with E-state index in [9.17, 15) is 9.90 Å². The molecule has 0 spiro atoms. The standard InChI is InChI=1S/C17H14O4/c1-11-5-4-6-12(9-11)20-10-14-13-7-2-3-8-15(13)21-16(14)17(18)19/h2-9H,10H2,1H3,(H,18,19). The zero-order valence-electron chi connectivity index (χ0n) is 11.5. The lowest BCUT2D eigenvalue weighted by Crippen LogP contribution is -2.03. The molecule has 21 heavy (non-hydrogen) atoms. The van der Waals surface area contributed by atoms with Crippen LogP contribution in [0.1, 0.15) is 21.7 Å². The van der Waals surface area contributed by atoms with Crippen LogP contribution in [0.5, 0.6) is 5.75 Å². The zero-order chi connectivity index (χ0) is 14.8. The fourth-order valence-corrected chi connectivity index (χ4v) is 2.28. The summed E-state index contributed by atoms with van der Waals surface area (Å²) in [5, 5.41) is 10.0. The van der Waals surface area contributed by atoms with Gasteiger partial charge in [-0.2, -0.15) is 0 Å². The molecule has 1 aromatic heterocycles. The van der Waals surface area contributed by atoms with E-state index in [0.717, 1.165) is 10.9 Å². The summed E-state index contributed by atoms with van der Waals surface area (Å²) in [7, 11) is 0. The van der Waals surface area contributed by atoms with Crippen molar-refractivity contribution in [3.63, 3.8) is 0 Å². The molecule has 0 unspecified atom stereocenters. The normalized spacial score (nSPS) is 10.7. The molecule has 0 saturated heterocycles. The van der Waals surface area contributed by atoms with E-state index in [1.807, 2.05) is 49.4 Å². The number of rotatable bonds is 4. The average Bonchev–Trinajstić information content (AvgIpc) is 2.84. The van der Waals surface area contributed by atoms with Crippen LogP contribution in [0.25, 0.3) is 11.0 Å². The van der Waals surface area contributed by atoms with Gasteiger partial charge in [0.2, 0.25) is 5.76 Å². The second-order valence-electron chi connectivity index (χ2n) is 4.82.